The second kappa shape index (κ2) is 4.21. The number of aryl methyl sites for hydroxylation is 1. The van der Waals surface area contributed by atoms with Crippen molar-refractivity contribution in [1.29, 1.82) is 0 Å². The topological polar surface area (TPSA) is 50.9 Å². The third kappa shape index (κ3) is 2.13. The van der Waals surface area contributed by atoms with E-state index < -0.39 is 0 Å². The van der Waals surface area contributed by atoms with Gasteiger partial charge in [-0.05, 0) is 24.1 Å². The van der Waals surface area contributed by atoms with Crippen LogP contribution in [-0.4, -0.2) is 23.5 Å². The van der Waals surface area contributed by atoms with Gasteiger partial charge in [-0.25, -0.2) is 4.98 Å². The summed E-state index contributed by atoms with van der Waals surface area (Å²) in [5.74, 6) is 0.578. The van der Waals surface area contributed by atoms with Gasteiger partial charge in [-0.1, -0.05) is 6.08 Å². The summed E-state index contributed by atoms with van der Waals surface area (Å²) >= 11 is 6.07. The van der Waals surface area contributed by atoms with Crippen molar-refractivity contribution >= 4 is 23.0 Å². The van der Waals surface area contributed by atoms with E-state index in [4.69, 9.17) is 17.3 Å². The summed E-state index contributed by atoms with van der Waals surface area (Å²) in [6, 6.07) is 1.96. The molecule has 0 fully saturated rings. The van der Waals surface area contributed by atoms with Crippen LogP contribution in [0.2, 0.25) is 0 Å². The Balaban J connectivity index is 2.45. The van der Waals surface area contributed by atoms with E-state index >= 15 is 0 Å². The molecule has 1 aromatic heterocycles. The molecule has 0 spiro atoms. The van der Waals surface area contributed by atoms with Gasteiger partial charge in [-0.3, -0.25) is 0 Å². The molecule has 2 heterocycles. The maximum Gasteiger partial charge on any atom is 0.131 e. The molecule has 2 rings (SSSR count). The summed E-state index contributed by atoms with van der Waals surface area (Å²) < 4.78 is 0. The monoisotopic (exact) mass is 223 g/mol. The molecule has 0 radical (unpaired) electrons. The minimum atomic E-state index is 0.0350. The first-order valence-electron chi connectivity index (χ1n) is 4.95. The molecule has 0 saturated heterocycles. The third-order valence-electron chi connectivity index (χ3n) is 2.55. The molecule has 80 valence electrons. The van der Waals surface area contributed by atoms with Gasteiger partial charge in [0.1, 0.15) is 5.82 Å². The molecule has 0 aliphatic carbocycles. The first kappa shape index (κ1) is 10.5. The normalized spacial score (nSPS) is 21.2. The van der Waals surface area contributed by atoms with Crippen molar-refractivity contribution in [3.63, 3.8) is 0 Å². The van der Waals surface area contributed by atoms with Crippen molar-refractivity contribution in [2.75, 3.05) is 18.8 Å². The fraction of sp³-hybridized carbons (Fsp3) is 0.364. The van der Waals surface area contributed by atoms with Gasteiger partial charge >= 0.3 is 0 Å². The summed E-state index contributed by atoms with van der Waals surface area (Å²) in [6.45, 7) is 3.65. The molecule has 3 N–H and O–H groups in total. The van der Waals surface area contributed by atoms with Gasteiger partial charge in [0, 0.05) is 24.8 Å². The van der Waals surface area contributed by atoms with Gasteiger partial charge in [0.25, 0.3) is 0 Å². The first-order chi connectivity index (χ1) is 7.18. The zero-order chi connectivity index (χ0) is 10.8. The van der Waals surface area contributed by atoms with Crippen LogP contribution < -0.4 is 11.1 Å². The second-order valence-corrected chi connectivity index (χ2v) is 4.29. The Bertz CT molecular complexity index is 381. The van der Waals surface area contributed by atoms with Crippen molar-refractivity contribution < 1.29 is 0 Å². The van der Waals surface area contributed by atoms with Crippen molar-refractivity contribution in [1.82, 2.24) is 10.3 Å². The van der Waals surface area contributed by atoms with E-state index in [1.54, 1.807) is 6.20 Å². The van der Waals surface area contributed by atoms with Crippen molar-refractivity contribution in [2.45, 2.75) is 12.3 Å². The number of nitrogens with zero attached hydrogens (tertiary/aromatic N) is 1. The highest BCUT2D eigenvalue weighted by Gasteiger charge is 2.15. The summed E-state index contributed by atoms with van der Waals surface area (Å²) in [4.78, 5) is 4.11. The SMILES string of the molecule is Cc1ccnc(N)c1C1=CC(Cl)CNC1. The van der Waals surface area contributed by atoms with Gasteiger partial charge in [0.2, 0.25) is 0 Å². The Kier molecular flexibility index (Phi) is 2.93. The number of hydrogen-bond donors (Lipinski definition) is 2. The van der Waals surface area contributed by atoms with Crippen LogP contribution in [0.4, 0.5) is 5.82 Å². The fourth-order valence-corrected chi connectivity index (χ4v) is 2.11. The Morgan fingerprint density at radius 3 is 3.07 bits per heavy atom. The molecule has 3 nitrogen and oxygen atoms in total. The number of nitrogens with one attached hydrogen (secondary N) is 1. The highest BCUT2D eigenvalue weighted by Crippen LogP contribution is 2.25. The van der Waals surface area contributed by atoms with Crippen LogP contribution >= 0.6 is 11.6 Å². The standard InChI is InChI=1S/C11H14ClN3/c1-7-2-3-15-11(13)10(7)8-4-9(12)6-14-5-8/h2-4,9,14H,5-6H2,1H3,(H2,13,15). The quantitative estimate of drug-likeness (QED) is 0.711. The number of halogens is 1. The lowest BCUT2D eigenvalue weighted by atomic mass is 9.99. The average molecular weight is 224 g/mol. The summed E-state index contributed by atoms with van der Waals surface area (Å²) in [6.07, 6.45) is 3.78. The van der Waals surface area contributed by atoms with Gasteiger partial charge in [-0.2, -0.15) is 0 Å². The van der Waals surface area contributed by atoms with E-state index in [1.165, 1.54) is 0 Å². The molecular weight excluding hydrogens is 210 g/mol. The van der Waals surface area contributed by atoms with Gasteiger partial charge in [-0.15, -0.1) is 11.6 Å². The number of anilines is 1. The Morgan fingerprint density at radius 2 is 2.40 bits per heavy atom. The number of pyridine rings is 1. The predicted molar refractivity (Wildman–Crippen MR) is 63.9 cm³/mol. The van der Waals surface area contributed by atoms with Crippen LogP contribution in [0.3, 0.4) is 0 Å². The number of hydrogen-bond acceptors (Lipinski definition) is 3. The maximum absolute atomic E-state index is 6.07. The van der Waals surface area contributed by atoms with E-state index in [0.29, 0.717) is 5.82 Å². The largest absolute Gasteiger partial charge is 0.383 e. The second-order valence-electron chi connectivity index (χ2n) is 3.73. The van der Waals surface area contributed by atoms with Crippen LogP contribution in [0.15, 0.2) is 18.3 Å². The zero-order valence-corrected chi connectivity index (χ0v) is 9.38. The number of alkyl halides is 1. The highest BCUT2D eigenvalue weighted by molar-refractivity contribution is 6.22. The van der Waals surface area contributed by atoms with Crippen molar-refractivity contribution in [3.05, 3.63) is 29.5 Å². The van der Waals surface area contributed by atoms with Crippen molar-refractivity contribution in [3.8, 4) is 0 Å². The molecule has 1 unspecified atom stereocenters. The molecule has 15 heavy (non-hydrogen) atoms. The average Bonchev–Trinajstić information content (AvgIpc) is 2.17. The lowest BCUT2D eigenvalue weighted by molar-refractivity contribution is 0.743. The summed E-state index contributed by atoms with van der Waals surface area (Å²) in [5, 5.41) is 3.29. The molecule has 4 heteroatoms. The molecule has 1 atom stereocenters. The van der Waals surface area contributed by atoms with Gasteiger partial charge in [0.05, 0.1) is 5.38 Å². The summed E-state index contributed by atoms with van der Waals surface area (Å²) in [7, 11) is 0. The van der Waals surface area contributed by atoms with Gasteiger partial charge in [0.15, 0.2) is 0 Å². The minimum Gasteiger partial charge on any atom is -0.383 e. The van der Waals surface area contributed by atoms with E-state index in [1.807, 2.05) is 13.0 Å². The molecular formula is C11H14ClN3. The lowest BCUT2D eigenvalue weighted by Gasteiger charge is -2.20. The molecule has 0 saturated carbocycles. The van der Waals surface area contributed by atoms with Crippen LogP contribution in [0.25, 0.3) is 5.57 Å². The molecule has 1 aromatic rings. The number of rotatable bonds is 1. The van der Waals surface area contributed by atoms with E-state index in [2.05, 4.69) is 16.4 Å². The Labute approximate surface area is 94.3 Å². The van der Waals surface area contributed by atoms with Crippen LogP contribution in [0.1, 0.15) is 11.1 Å². The van der Waals surface area contributed by atoms with Crippen LogP contribution in [0, 0.1) is 6.92 Å². The first-order valence-corrected chi connectivity index (χ1v) is 5.39. The third-order valence-corrected chi connectivity index (χ3v) is 2.83. The van der Waals surface area contributed by atoms with E-state index in [9.17, 15) is 0 Å². The Hall–Kier alpha value is -1.06. The zero-order valence-electron chi connectivity index (χ0n) is 8.63. The van der Waals surface area contributed by atoms with Gasteiger partial charge < -0.3 is 11.1 Å². The fourth-order valence-electron chi connectivity index (χ4n) is 1.85. The van der Waals surface area contributed by atoms with E-state index in [-0.39, 0.29) is 5.38 Å². The number of nitrogens with two attached hydrogens (primary N) is 1. The van der Waals surface area contributed by atoms with Crippen LogP contribution in [-0.2, 0) is 0 Å². The summed E-state index contributed by atoms with van der Waals surface area (Å²) in [5.41, 5.74) is 9.18. The number of aromatic nitrogens is 1. The smallest absolute Gasteiger partial charge is 0.131 e. The van der Waals surface area contributed by atoms with Crippen molar-refractivity contribution in [2.24, 2.45) is 0 Å². The molecule has 1 aliphatic heterocycles. The highest BCUT2D eigenvalue weighted by atomic mass is 35.5. The maximum atomic E-state index is 6.07. The van der Waals surface area contributed by atoms with E-state index in [0.717, 1.165) is 29.8 Å². The molecule has 0 amide bonds. The minimum absolute atomic E-state index is 0.0350. The molecule has 1 aliphatic rings. The predicted octanol–water partition coefficient (Wildman–Crippen LogP) is 1.57. The molecule has 0 aromatic carbocycles. The Morgan fingerprint density at radius 1 is 1.60 bits per heavy atom. The molecule has 0 bridgehead atoms. The van der Waals surface area contributed by atoms with Crippen LogP contribution in [0.5, 0.6) is 0 Å². The number of nitrogen functional groups attached to an aromatic ring is 1. The lowest BCUT2D eigenvalue weighted by Crippen LogP contribution is -2.29.